The molecular formula is C17H17I2N3O4S. The van der Waals surface area contributed by atoms with E-state index in [1.807, 2.05) is 0 Å². The molecule has 2 rings (SSSR count). The molecule has 0 saturated carbocycles. The molecule has 0 fully saturated rings. The molecular weight excluding hydrogens is 596 g/mol. The molecule has 7 nitrogen and oxygen atoms in total. The first-order valence-corrected chi connectivity index (χ1v) is 10.1. The molecule has 2 aromatic rings. The van der Waals surface area contributed by atoms with Crippen molar-refractivity contribution in [3.05, 3.63) is 37.5 Å². The van der Waals surface area contributed by atoms with Crippen molar-refractivity contribution < 1.29 is 19.1 Å². The van der Waals surface area contributed by atoms with Gasteiger partial charge in [0, 0.05) is 12.6 Å². The summed E-state index contributed by atoms with van der Waals surface area (Å²) >= 11 is 8.50. The summed E-state index contributed by atoms with van der Waals surface area (Å²) in [7, 11) is 3.11. The fraction of sp³-hybridized carbons (Fsp3) is 0.176. The Morgan fingerprint density at radius 1 is 1.04 bits per heavy atom. The van der Waals surface area contributed by atoms with Crippen LogP contribution in [0, 0.1) is 7.14 Å². The van der Waals surface area contributed by atoms with Crippen LogP contribution >= 0.6 is 58.0 Å². The normalized spacial score (nSPS) is 10.1. The van der Waals surface area contributed by atoms with Gasteiger partial charge in [0.2, 0.25) is 5.91 Å². The fourth-order valence-electron chi connectivity index (χ4n) is 2.24. The van der Waals surface area contributed by atoms with Crippen LogP contribution in [0.5, 0.6) is 11.5 Å². The SMILES string of the molecule is COc1c(I)cc(NC(=O)N(S)c2ccc(NC(C)=O)cc2)c(OC)c1I. The summed E-state index contributed by atoms with van der Waals surface area (Å²) in [5, 5.41) is 5.46. The average molecular weight is 613 g/mol. The Kier molecular flexibility index (Phi) is 7.85. The van der Waals surface area contributed by atoms with E-state index in [0.29, 0.717) is 28.6 Å². The average Bonchev–Trinajstić information content (AvgIpc) is 2.61. The Bertz CT molecular complexity index is 862. The Hall–Kier alpha value is -1.41. The number of carbonyl (C=O) groups is 2. The van der Waals surface area contributed by atoms with Gasteiger partial charge in [0.15, 0.2) is 5.75 Å². The molecule has 2 aromatic carbocycles. The van der Waals surface area contributed by atoms with Gasteiger partial charge in [-0.05, 0) is 75.5 Å². The van der Waals surface area contributed by atoms with Gasteiger partial charge in [-0.2, -0.15) is 0 Å². The number of carbonyl (C=O) groups excluding carboxylic acids is 2. The summed E-state index contributed by atoms with van der Waals surface area (Å²) < 4.78 is 13.6. The van der Waals surface area contributed by atoms with Gasteiger partial charge < -0.3 is 20.1 Å². The highest BCUT2D eigenvalue weighted by Crippen LogP contribution is 2.40. The van der Waals surface area contributed by atoms with Crippen LogP contribution in [0.3, 0.4) is 0 Å². The highest BCUT2D eigenvalue weighted by atomic mass is 127. The maximum Gasteiger partial charge on any atom is 0.336 e. The minimum atomic E-state index is -0.458. The minimum Gasteiger partial charge on any atom is -0.494 e. The Morgan fingerprint density at radius 2 is 1.63 bits per heavy atom. The van der Waals surface area contributed by atoms with Gasteiger partial charge in [-0.25, -0.2) is 9.10 Å². The van der Waals surface area contributed by atoms with Crippen molar-refractivity contribution in [2.75, 3.05) is 29.2 Å². The van der Waals surface area contributed by atoms with Crippen LogP contribution in [0.2, 0.25) is 0 Å². The lowest BCUT2D eigenvalue weighted by Gasteiger charge is -2.20. The van der Waals surface area contributed by atoms with Gasteiger partial charge in [-0.15, -0.1) is 0 Å². The van der Waals surface area contributed by atoms with Crippen molar-refractivity contribution in [2.45, 2.75) is 6.92 Å². The number of benzene rings is 2. The molecule has 0 bridgehead atoms. The number of halogens is 2. The Balaban J connectivity index is 2.22. The van der Waals surface area contributed by atoms with Gasteiger partial charge in [-0.1, -0.05) is 12.8 Å². The Morgan fingerprint density at radius 3 is 2.15 bits per heavy atom. The number of hydrogen-bond donors (Lipinski definition) is 3. The molecule has 0 atom stereocenters. The largest absolute Gasteiger partial charge is 0.494 e. The van der Waals surface area contributed by atoms with Crippen LogP contribution < -0.4 is 24.4 Å². The highest BCUT2D eigenvalue weighted by molar-refractivity contribution is 14.1. The van der Waals surface area contributed by atoms with Crippen LogP contribution in [-0.4, -0.2) is 26.2 Å². The minimum absolute atomic E-state index is 0.168. The summed E-state index contributed by atoms with van der Waals surface area (Å²) in [6.07, 6.45) is 0. The molecule has 0 spiro atoms. The van der Waals surface area contributed by atoms with Crippen molar-refractivity contribution in [3.63, 3.8) is 0 Å². The second-order valence-electron chi connectivity index (χ2n) is 5.26. The van der Waals surface area contributed by atoms with E-state index in [4.69, 9.17) is 9.47 Å². The third kappa shape index (κ3) is 5.31. The molecule has 0 heterocycles. The lowest BCUT2D eigenvalue weighted by atomic mass is 10.2. The zero-order valence-corrected chi connectivity index (χ0v) is 19.9. The molecule has 3 amide bonds. The summed E-state index contributed by atoms with van der Waals surface area (Å²) in [4.78, 5) is 23.7. The number of thiol groups is 1. The molecule has 0 aromatic heterocycles. The molecule has 0 unspecified atom stereocenters. The first-order valence-electron chi connectivity index (χ1n) is 7.56. The van der Waals surface area contributed by atoms with Crippen molar-refractivity contribution in [3.8, 4) is 11.5 Å². The number of methoxy groups -OCH3 is 2. The predicted octanol–water partition coefficient (Wildman–Crippen LogP) is 4.75. The van der Waals surface area contributed by atoms with E-state index >= 15 is 0 Å². The lowest BCUT2D eigenvalue weighted by molar-refractivity contribution is -0.114. The second kappa shape index (κ2) is 9.68. The molecule has 0 aliphatic rings. The topological polar surface area (TPSA) is 79.9 Å². The van der Waals surface area contributed by atoms with Crippen molar-refractivity contribution in [2.24, 2.45) is 0 Å². The van der Waals surface area contributed by atoms with E-state index in [0.717, 1.165) is 7.14 Å². The quantitative estimate of drug-likeness (QED) is 0.336. The first-order chi connectivity index (χ1) is 12.8. The van der Waals surface area contributed by atoms with Gasteiger partial charge >= 0.3 is 6.03 Å². The summed E-state index contributed by atoms with van der Waals surface area (Å²) in [6.45, 7) is 1.43. The fourth-order valence-corrected chi connectivity index (χ4v) is 4.76. The van der Waals surface area contributed by atoms with E-state index < -0.39 is 6.03 Å². The molecule has 0 saturated heterocycles. The van der Waals surface area contributed by atoms with Gasteiger partial charge in [0.25, 0.3) is 0 Å². The molecule has 27 heavy (non-hydrogen) atoms. The number of nitrogens with one attached hydrogen (secondary N) is 2. The van der Waals surface area contributed by atoms with Crippen molar-refractivity contribution in [1.29, 1.82) is 0 Å². The number of urea groups is 1. The third-order valence-corrected chi connectivity index (χ3v) is 5.60. The maximum absolute atomic E-state index is 12.6. The van der Waals surface area contributed by atoms with Crippen LogP contribution in [0.25, 0.3) is 0 Å². The van der Waals surface area contributed by atoms with Crippen LogP contribution in [0.4, 0.5) is 21.9 Å². The van der Waals surface area contributed by atoms with Gasteiger partial charge in [0.05, 0.1) is 29.2 Å². The second-order valence-corrected chi connectivity index (χ2v) is 7.90. The van der Waals surface area contributed by atoms with E-state index in [2.05, 4.69) is 68.6 Å². The monoisotopic (exact) mass is 613 g/mol. The number of nitrogens with zero attached hydrogens (tertiary/aromatic N) is 1. The van der Waals surface area contributed by atoms with Crippen LogP contribution in [-0.2, 0) is 4.79 Å². The van der Waals surface area contributed by atoms with Crippen LogP contribution in [0.15, 0.2) is 30.3 Å². The van der Waals surface area contributed by atoms with E-state index in [1.165, 1.54) is 18.3 Å². The summed E-state index contributed by atoms with van der Waals surface area (Å²) in [5.74, 6) is 1.02. The summed E-state index contributed by atoms with van der Waals surface area (Å²) in [6, 6.07) is 8.04. The molecule has 144 valence electrons. The van der Waals surface area contributed by atoms with Gasteiger partial charge in [-0.3, -0.25) is 4.79 Å². The first kappa shape index (κ1) is 21.9. The molecule has 0 aliphatic carbocycles. The zero-order chi connectivity index (χ0) is 20.1. The Labute approximate surface area is 190 Å². The molecule has 2 N–H and O–H groups in total. The number of rotatable bonds is 5. The van der Waals surface area contributed by atoms with Crippen molar-refractivity contribution in [1.82, 2.24) is 0 Å². The third-order valence-electron chi connectivity index (χ3n) is 3.41. The number of hydrogen-bond acceptors (Lipinski definition) is 5. The zero-order valence-electron chi connectivity index (χ0n) is 14.7. The van der Waals surface area contributed by atoms with Crippen molar-refractivity contribution >= 4 is 87.0 Å². The number of anilines is 3. The van der Waals surface area contributed by atoms with Gasteiger partial charge in [0.1, 0.15) is 9.32 Å². The van der Waals surface area contributed by atoms with E-state index in [-0.39, 0.29) is 5.91 Å². The predicted molar refractivity (Wildman–Crippen MR) is 126 cm³/mol. The van der Waals surface area contributed by atoms with E-state index in [9.17, 15) is 9.59 Å². The standard InChI is InChI=1S/C17H17I2N3O4S/c1-9(23)20-10-4-6-11(7-5-10)22(27)17(24)21-13-8-12(18)15(25-2)14(19)16(13)26-3/h4-8,27H,1-3H3,(H,20,23)(H,21,24). The van der Waals surface area contributed by atoms with E-state index in [1.54, 1.807) is 37.4 Å². The number of amides is 3. The molecule has 10 heteroatoms. The molecule has 0 radical (unpaired) electrons. The highest BCUT2D eigenvalue weighted by Gasteiger charge is 2.20. The maximum atomic E-state index is 12.6. The van der Waals surface area contributed by atoms with Crippen LogP contribution in [0.1, 0.15) is 6.92 Å². The molecule has 0 aliphatic heterocycles. The summed E-state index contributed by atoms with van der Waals surface area (Å²) in [5.41, 5.74) is 1.68. The number of ether oxygens (including phenoxy) is 2. The smallest absolute Gasteiger partial charge is 0.336 e. The lowest BCUT2D eigenvalue weighted by Crippen LogP contribution is -2.27.